The Labute approximate surface area is 121 Å². The zero-order valence-electron chi connectivity index (χ0n) is 12.6. The number of sulfonamides is 1. The lowest BCUT2D eigenvalue weighted by atomic mass is 10.1. The minimum absolute atomic E-state index is 0.0359. The molecule has 20 heavy (non-hydrogen) atoms. The van der Waals surface area contributed by atoms with Crippen LogP contribution in [0.4, 0.5) is 0 Å². The van der Waals surface area contributed by atoms with Crippen molar-refractivity contribution >= 4 is 15.9 Å². The van der Waals surface area contributed by atoms with Crippen LogP contribution in [0.5, 0.6) is 0 Å². The van der Waals surface area contributed by atoms with Crippen molar-refractivity contribution in [3.63, 3.8) is 0 Å². The molecule has 1 unspecified atom stereocenters. The van der Waals surface area contributed by atoms with Crippen molar-refractivity contribution in [1.82, 2.24) is 9.62 Å². The Morgan fingerprint density at radius 3 is 2.75 bits per heavy atom. The normalized spacial score (nSPS) is 20.4. The maximum Gasteiger partial charge on any atom is 0.224 e. The van der Waals surface area contributed by atoms with Gasteiger partial charge in [-0.1, -0.05) is 13.8 Å². The summed E-state index contributed by atoms with van der Waals surface area (Å²) in [6, 6.07) is -0.167. The number of likely N-dealkylation sites (tertiary alicyclic amines) is 1. The smallest absolute Gasteiger partial charge is 0.224 e. The fraction of sp³-hybridized carbons (Fsp3) is 0.923. The summed E-state index contributed by atoms with van der Waals surface area (Å²) in [7, 11) is -3.22. The highest BCUT2D eigenvalue weighted by atomic mass is 32.2. The van der Waals surface area contributed by atoms with Crippen molar-refractivity contribution in [3.05, 3.63) is 0 Å². The summed E-state index contributed by atoms with van der Waals surface area (Å²) >= 11 is 0. The molecule has 1 fully saturated rings. The van der Waals surface area contributed by atoms with E-state index < -0.39 is 10.0 Å². The largest absolute Gasteiger partial charge is 0.381 e. The summed E-state index contributed by atoms with van der Waals surface area (Å²) in [6.07, 6.45) is 3.11. The van der Waals surface area contributed by atoms with Crippen LogP contribution in [0.1, 0.15) is 33.1 Å². The van der Waals surface area contributed by atoms with Crippen molar-refractivity contribution in [2.45, 2.75) is 39.2 Å². The zero-order chi connectivity index (χ0) is 15.2. The molecule has 1 aliphatic rings. The molecular weight excluding hydrogens is 280 g/mol. The second-order valence-corrected chi connectivity index (χ2v) is 7.57. The molecule has 1 amide bonds. The first kappa shape index (κ1) is 17.4. The average molecular weight is 306 g/mol. The number of carbonyl (C=O) groups is 1. The molecule has 0 aliphatic carbocycles. The van der Waals surface area contributed by atoms with Crippen molar-refractivity contribution in [2.75, 3.05) is 32.6 Å². The lowest BCUT2D eigenvalue weighted by molar-refractivity contribution is -0.133. The zero-order valence-corrected chi connectivity index (χ0v) is 13.4. The number of rotatable bonds is 7. The number of hydrogen-bond donors (Lipinski definition) is 1. The van der Waals surface area contributed by atoms with Crippen LogP contribution in [0.2, 0.25) is 0 Å². The highest BCUT2D eigenvalue weighted by Gasteiger charge is 2.25. The molecule has 0 aromatic carbocycles. The molecule has 0 aromatic heterocycles. The van der Waals surface area contributed by atoms with Crippen molar-refractivity contribution < 1.29 is 17.9 Å². The molecule has 1 rings (SSSR count). The van der Waals surface area contributed by atoms with Gasteiger partial charge in [-0.15, -0.1) is 0 Å². The second-order valence-electron chi connectivity index (χ2n) is 5.79. The fourth-order valence-electron chi connectivity index (χ4n) is 2.24. The standard InChI is InChI=1S/C13H26N2O4S/c1-11(2)10-19-8-6-13(16)15-7-4-5-12(9-15)14-20(3,17)18/h11-12,14H,4-10H2,1-3H3. The summed E-state index contributed by atoms with van der Waals surface area (Å²) in [6.45, 7) is 6.37. The van der Waals surface area contributed by atoms with E-state index in [4.69, 9.17) is 4.74 Å². The van der Waals surface area contributed by atoms with Crippen molar-refractivity contribution in [3.8, 4) is 0 Å². The predicted molar refractivity (Wildman–Crippen MR) is 77.9 cm³/mol. The number of hydrogen-bond acceptors (Lipinski definition) is 4. The van der Waals surface area contributed by atoms with Crippen molar-refractivity contribution in [2.24, 2.45) is 5.92 Å². The Morgan fingerprint density at radius 2 is 2.15 bits per heavy atom. The van der Waals surface area contributed by atoms with Crippen LogP contribution >= 0.6 is 0 Å². The number of carbonyl (C=O) groups excluding carboxylic acids is 1. The Hall–Kier alpha value is -0.660. The van der Waals surface area contributed by atoms with E-state index in [1.54, 1.807) is 4.90 Å². The maximum atomic E-state index is 12.0. The van der Waals surface area contributed by atoms with E-state index in [0.717, 1.165) is 19.1 Å². The number of piperidine rings is 1. The fourth-order valence-corrected chi connectivity index (χ4v) is 3.04. The van der Waals surface area contributed by atoms with Gasteiger partial charge >= 0.3 is 0 Å². The van der Waals surface area contributed by atoms with Crippen LogP contribution in [0.15, 0.2) is 0 Å². The van der Waals surface area contributed by atoms with Gasteiger partial charge in [-0.3, -0.25) is 4.79 Å². The summed E-state index contributed by atoms with van der Waals surface area (Å²) in [5.41, 5.74) is 0. The van der Waals surface area contributed by atoms with Gasteiger partial charge in [0.05, 0.1) is 19.3 Å². The molecule has 0 saturated carbocycles. The van der Waals surface area contributed by atoms with Gasteiger partial charge in [0.15, 0.2) is 0 Å². The van der Waals surface area contributed by atoms with Gasteiger partial charge in [0.25, 0.3) is 0 Å². The van der Waals surface area contributed by atoms with Gasteiger partial charge in [0.2, 0.25) is 15.9 Å². The molecule has 7 heteroatoms. The summed E-state index contributed by atoms with van der Waals surface area (Å²) in [5, 5.41) is 0. The lowest BCUT2D eigenvalue weighted by Gasteiger charge is -2.32. The number of amides is 1. The number of nitrogens with zero attached hydrogens (tertiary/aromatic N) is 1. The third-order valence-electron chi connectivity index (χ3n) is 3.07. The van der Waals surface area contributed by atoms with E-state index in [-0.39, 0.29) is 11.9 Å². The third kappa shape index (κ3) is 7.21. The quantitative estimate of drug-likeness (QED) is 0.699. The first-order chi connectivity index (χ1) is 9.28. The minimum atomic E-state index is -3.22. The molecule has 0 aromatic rings. The Morgan fingerprint density at radius 1 is 1.45 bits per heavy atom. The second kappa shape index (κ2) is 7.95. The van der Waals surface area contributed by atoms with E-state index >= 15 is 0 Å². The summed E-state index contributed by atoms with van der Waals surface area (Å²) in [4.78, 5) is 13.7. The molecule has 1 N–H and O–H groups in total. The van der Waals surface area contributed by atoms with Crippen LogP contribution in [-0.2, 0) is 19.6 Å². The molecule has 118 valence electrons. The predicted octanol–water partition coefficient (Wildman–Crippen LogP) is 0.589. The topological polar surface area (TPSA) is 75.7 Å². The Bertz CT molecular complexity index is 409. The SMILES string of the molecule is CC(C)COCCC(=O)N1CCCC(NS(C)(=O)=O)C1. The van der Waals surface area contributed by atoms with Gasteiger partial charge in [0.1, 0.15) is 0 Å². The molecular formula is C13H26N2O4S. The van der Waals surface area contributed by atoms with Crippen molar-refractivity contribution in [1.29, 1.82) is 0 Å². The molecule has 0 spiro atoms. The van der Waals surface area contributed by atoms with Gasteiger partial charge in [0, 0.05) is 25.7 Å². The van der Waals surface area contributed by atoms with E-state index in [9.17, 15) is 13.2 Å². The molecule has 0 bridgehead atoms. The summed E-state index contributed by atoms with van der Waals surface area (Å²) in [5.74, 6) is 0.497. The third-order valence-corrected chi connectivity index (χ3v) is 3.83. The Balaban J connectivity index is 2.33. The van der Waals surface area contributed by atoms with E-state index in [2.05, 4.69) is 18.6 Å². The molecule has 1 aliphatic heterocycles. The summed E-state index contributed by atoms with van der Waals surface area (Å²) < 4.78 is 30.4. The van der Waals surface area contributed by atoms with Gasteiger partial charge in [-0.25, -0.2) is 13.1 Å². The average Bonchev–Trinajstić information content (AvgIpc) is 2.32. The van der Waals surface area contributed by atoms with E-state index in [1.165, 1.54) is 0 Å². The van der Waals surface area contributed by atoms with Crippen LogP contribution < -0.4 is 4.72 Å². The molecule has 1 saturated heterocycles. The highest BCUT2D eigenvalue weighted by Crippen LogP contribution is 2.12. The molecule has 1 atom stereocenters. The first-order valence-corrected chi connectivity index (χ1v) is 9.00. The first-order valence-electron chi connectivity index (χ1n) is 7.10. The molecule has 0 radical (unpaired) electrons. The van der Waals surface area contributed by atoms with Crippen LogP contribution in [0, 0.1) is 5.92 Å². The number of nitrogens with one attached hydrogen (secondary N) is 1. The molecule has 6 nitrogen and oxygen atoms in total. The molecule has 1 heterocycles. The van der Waals surface area contributed by atoms with Crippen LogP contribution in [0.3, 0.4) is 0 Å². The lowest BCUT2D eigenvalue weighted by Crippen LogP contribution is -2.49. The van der Waals surface area contributed by atoms with Crippen LogP contribution in [0.25, 0.3) is 0 Å². The monoisotopic (exact) mass is 306 g/mol. The van der Waals surface area contributed by atoms with Gasteiger partial charge < -0.3 is 9.64 Å². The van der Waals surface area contributed by atoms with E-state index in [0.29, 0.717) is 38.6 Å². The van der Waals surface area contributed by atoms with Gasteiger partial charge in [-0.2, -0.15) is 0 Å². The van der Waals surface area contributed by atoms with Crippen LogP contribution in [-0.4, -0.2) is 57.8 Å². The number of ether oxygens (including phenoxy) is 1. The maximum absolute atomic E-state index is 12.0. The van der Waals surface area contributed by atoms with Gasteiger partial charge in [-0.05, 0) is 18.8 Å². The van der Waals surface area contributed by atoms with E-state index in [1.807, 2.05) is 0 Å². The Kier molecular flexibility index (Phi) is 6.91. The minimum Gasteiger partial charge on any atom is -0.381 e. The highest BCUT2D eigenvalue weighted by molar-refractivity contribution is 7.88.